The minimum atomic E-state index is -3.57. The molecule has 3 rings (SSSR count). The van der Waals surface area contributed by atoms with Gasteiger partial charge >= 0.3 is 0 Å². The number of piperidine rings is 1. The highest BCUT2D eigenvalue weighted by molar-refractivity contribution is 7.93. The van der Waals surface area contributed by atoms with Crippen molar-refractivity contribution in [1.82, 2.24) is 9.80 Å². The third-order valence-corrected chi connectivity index (χ3v) is 8.12. The molecule has 2 amide bonds. The Labute approximate surface area is 160 Å². The summed E-state index contributed by atoms with van der Waals surface area (Å²) in [5, 5.41) is 0. The molecule has 0 bridgehead atoms. The van der Waals surface area contributed by atoms with Gasteiger partial charge in [0.2, 0.25) is 11.8 Å². The van der Waals surface area contributed by atoms with E-state index in [9.17, 15) is 18.0 Å². The van der Waals surface area contributed by atoms with Crippen LogP contribution in [0.5, 0.6) is 0 Å². The first-order valence-corrected chi connectivity index (χ1v) is 10.8. The van der Waals surface area contributed by atoms with E-state index in [4.69, 9.17) is 4.74 Å². The monoisotopic (exact) mass is 394 g/mol. The van der Waals surface area contributed by atoms with E-state index in [2.05, 4.69) is 0 Å². The number of nitrogens with zero attached hydrogens (tertiary/aromatic N) is 2. The topological polar surface area (TPSA) is 84.0 Å². The molecule has 2 heterocycles. The molecule has 27 heavy (non-hydrogen) atoms. The highest BCUT2D eigenvalue weighted by Gasteiger charge is 2.58. The first-order valence-electron chi connectivity index (χ1n) is 9.15. The van der Waals surface area contributed by atoms with Gasteiger partial charge in [0.25, 0.3) is 0 Å². The number of rotatable bonds is 5. The van der Waals surface area contributed by atoms with Gasteiger partial charge in [-0.1, -0.05) is 24.3 Å². The summed E-state index contributed by atoms with van der Waals surface area (Å²) in [6.07, 6.45) is 0.813. The van der Waals surface area contributed by atoms with Crippen LogP contribution in [0.25, 0.3) is 0 Å². The SMILES string of the molecule is COCCN1C(=O)CS(=O)(=O)C12CCN(C(=O)Cc1ccccc1C)CC2. The molecule has 0 unspecified atom stereocenters. The molecule has 0 N–H and O–H groups in total. The van der Waals surface area contributed by atoms with E-state index < -0.39 is 20.5 Å². The zero-order chi connectivity index (χ0) is 19.7. The van der Waals surface area contributed by atoms with Crippen LogP contribution < -0.4 is 0 Å². The highest BCUT2D eigenvalue weighted by atomic mass is 32.2. The maximum Gasteiger partial charge on any atom is 0.239 e. The second-order valence-corrected chi connectivity index (χ2v) is 9.51. The molecule has 0 atom stereocenters. The Morgan fingerprint density at radius 2 is 1.89 bits per heavy atom. The Morgan fingerprint density at radius 1 is 1.22 bits per heavy atom. The minimum Gasteiger partial charge on any atom is -0.383 e. The van der Waals surface area contributed by atoms with Crippen LogP contribution in [0.3, 0.4) is 0 Å². The molecule has 2 fully saturated rings. The van der Waals surface area contributed by atoms with Crippen molar-refractivity contribution >= 4 is 21.7 Å². The molecule has 0 aliphatic carbocycles. The van der Waals surface area contributed by atoms with Gasteiger partial charge in [0.15, 0.2) is 9.84 Å². The maximum absolute atomic E-state index is 12.7. The third kappa shape index (κ3) is 3.60. The van der Waals surface area contributed by atoms with Gasteiger partial charge < -0.3 is 14.5 Å². The lowest BCUT2D eigenvalue weighted by atomic mass is 10.00. The maximum atomic E-state index is 12.7. The molecule has 0 saturated carbocycles. The summed E-state index contributed by atoms with van der Waals surface area (Å²) in [5.74, 6) is -0.829. The Morgan fingerprint density at radius 3 is 2.52 bits per heavy atom. The van der Waals surface area contributed by atoms with E-state index in [1.54, 1.807) is 4.90 Å². The van der Waals surface area contributed by atoms with E-state index in [1.165, 1.54) is 12.0 Å². The summed E-state index contributed by atoms with van der Waals surface area (Å²) < 4.78 is 30.5. The van der Waals surface area contributed by atoms with Gasteiger partial charge in [-0.25, -0.2) is 8.42 Å². The van der Waals surface area contributed by atoms with Crippen molar-refractivity contribution < 1.29 is 22.7 Å². The summed E-state index contributed by atoms with van der Waals surface area (Å²) in [7, 11) is -2.05. The second kappa shape index (κ2) is 7.59. The molecule has 2 aliphatic rings. The Bertz CT molecular complexity index is 828. The van der Waals surface area contributed by atoms with Gasteiger partial charge in [-0.3, -0.25) is 9.59 Å². The Balaban J connectivity index is 1.72. The predicted molar refractivity (Wildman–Crippen MR) is 101 cm³/mol. The predicted octanol–water partition coefficient (Wildman–Crippen LogP) is 0.760. The number of carbonyl (C=O) groups is 2. The van der Waals surface area contributed by atoms with E-state index in [-0.39, 0.29) is 31.2 Å². The lowest BCUT2D eigenvalue weighted by Crippen LogP contribution is -2.57. The minimum absolute atomic E-state index is 0.00990. The van der Waals surface area contributed by atoms with Gasteiger partial charge in [0.1, 0.15) is 10.6 Å². The number of likely N-dealkylation sites (tertiary alicyclic amines) is 1. The number of aryl methyl sites for hydroxylation is 1. The summed E-state index contributed by atoms with van der Waals surface area (Å²) >= 11 is 0. The zero-order valence-corrected chi connectivity index (χ0v) is 16.6. The molecular formula is C19H26N2O5S. The van der Waals surface area contributed by atoms with E-state index in [0.29, 0.717) is 26.1 Å². The molecule has 0 radical (unpaired) electrons. The number of amides is 2. The average molecular weight is 394 g/mol. The Kier molecular flexibility index (Phi) is 5.58. The smallest absolute Gasteiger partial charge is 0.239 e. The normalized spacial score (nSPS) is 21.0. The van der Waals surface area contributed by atoms with E-state index in [0.717, 1.165) is 11.1 Å². The fraction of sp³-hybridized carbons (Fsp3) is 0.579. The van der Waals surface area contributed by atoms with Gasteiger partial charge in [0.05, 0.1) is 13.0 Å². The van der Waals surface area contributed by atoms with Crippen molar-refractivity contribution in [3.63, 3.8) is 0 Å². The molecule has 2 aliphatic heterocycles. The van der Waals surface area contributed by atoms with Gasteiger partial charge in [0, 0.05) is 39.6 Å². The van der Waals surface area contributed by atoms with Crippen LogP contribution >= 0.6 is 0 Å². The van der Waals surface area contributed by atoms with Crippen LogP contribution in [-0.4, -0.2) is 74.0 Å². The van der Waals surface area contributed by atoms with Crippen LogP contribution in [0.1, 0.15) is 24.0 Å². The average Bonchev–Trinajstić information content (AvgIpc) is 2.81. The lowest BCUT2D eigenvalue weighted by Gasteiger charge is -2.43. The van der Waals surface area contributed by atoms with Gasteiger partial charge in [-0.15, -0.1) is 0 Å². The van der Waals surface area contributed by atoms with Crippen LogP contribution in [0.4, 0.5) is 0 Å². The molecule has 7 nitrogen and oxygen atoms in total. The number of ether oxygens (including phenoxy) is 1. The van der Waals surface area contributed by atoms with Crippen LogP contribution in [0.2, 0.25) is 0 Å². The molecule has 1 aromatic rings. The molecule has 8 heteroatoms. The molecule has 1 aromatic carbocycles. The molecule has 1 spiro atoms. The van der Waals surface area contributed by atoms with Crippen LogP contribution in [0, 0.1) is 6.92 Å². The number of benzene rings is 1. The highest BCUT2D eigenvalue weighted by Crippen LogP contribution is 2.39. The van der Waals surface area contributed by atoms with Gasteiger partial charge in [-0.05, 0) is 18.1 Å². The summed E-state index contributed by atoms with van der Waals surface area (Å²) in [6, 6.07) is 7.75. The first-order chi connectivity index (χ1) is 12.8. The number of sulfone groups is 1. The fourth-order valence-electron chi connectivity index (χ4n) is 4.05. The van der Waals surface area contributed by atoms with Crippen LogP contribution in [0.15, 0.2) is 24.3 Å². The summed E-state index contributed by atoms with van der Waals surface area (Å²) in [5.41, 5.74) is 2.04. The van der Waals surface area contributed by atoms with Crippen molar-refractivity contribution in [2.45, 2.75) is 31.1 Å². The van der Waals surface area contributed by atoms with Crippen LogP contribution in [-0.2, 0) is 30.6 Å². The molecular weight excluding hydrogens is 368 g/mol. The molecule has 2 saturated heterocycles. The van der Waals surface area contributed by atoms with Crippen molar-refractivity contribution in [2.24, 2.45) is 0 Å². The summed E-state index contributed by atoms with van der Waals surface area (Å²) in [6.45, 7) is 3.18. The fourth-order valence-corrected chi connectivity index (χ4v) is 6.13. The number of methoxy groups -OCH3 is 1. The Hall–Kier alpha value is -1.93. The number of hydrogen-bond donors (Lipinski definition) is 0. The van der Waals surface area contributed by atoms with E-state index >= 15 is 0 Å². The number of carbonyl (C=O) groups excluding carboxylic acids is 2. The van der Waals surface area contributed by atoms with Crippen molar-refractivity contribution in [1.29, 1.82) is 0 Å². The first kappa shape index (κ1) is 19.8. The third-order valence-electron chi connectivity index (χ3n) is 5.70. The standard InChI is InChI=1S/C19H26N2O5S/c1-15-5-3-4-6-16(15)13-17(22)20-9-7-19(8-10-20)21(11-12-26-2)18(23)14-27(19,24)25/h3-6H,7-14H2,1-2H3. The molecule has 148 valence electrons. The largest absolute Gasteiger partial charge is 0.383 e. The quantitative estimate of drug-likeness (QED) is 0.736. The van der Waals surface area contributed by atoms with Gasteiger partial charge in [-0.2, -0.15) is 0 Å². The zero-order valence-electron chi connectivity index (χ0n) is 15.8. The van der Waals surface area contributed by atoms with Crippen molar-refractivity contribution in [3.8, 4) is 0 Å². The second-order valence-electron chi connectivity index (χ2n) is 7.23. The van der Waals surface area contributed by atoms with Crippen molar-refractivity contribution in [2.75, 3.05) is 39.1 Å². The molecule has 0 aromatic heterocycles. The number of hydrogen-bond acceptors (Lipinski definition) is 5. The summed E-state index contributed by atoms with van der Waals surface area (Å²) in [4.78, 5) is 26.9. The van der Waals surface area contributed by atoms with Crippen molar-refractivity contribution in [3.05, 3.63) is 35.4 Å². The van der Waals surface area contributed by atoms with E-state index in [1.807, 2.05) is 31.2 Å². The lowest BCUT2D eigenvalue weighted by molar-refractivity contribution is -0.135.